The van der Waals surface area contributed by atoms with E-state index in [0.29, 0.717) is 5.92 Å². The molecule has 0 N–H and O–H groups in total. The highest BCUT2D eigenvalue weighted by Crippen LogP contribution is 2.19. The lowest BCUT2D eigenvalue weighted by Gasteiger charge is -2.35. The normalized spacial score (nSPS) is 19.6. The summed E-state index contributed by atoms with van der Waals surface area (Å²) in [7, 11) is 6.15. The largest absolute Gasteiger partial charge is 0.374 e. The fraction of sp³-hybridized carbons (Fsp3) is 0.786. The molecule has 1 rings (SSSR count). The molecule has 1 heterocycles. The third-order valence-corrected chi connectivity index (χ3v) is 3.22. The first-order valence-corrected chi connectivity index (χ1v) is 6.68. The molecule has 3 nitrogen and oxygen atoms in total. The summed E-state index contributed by atoms with van der Waals surface area (Å²) in [6, 6.07) is 0. The second-order valence-corrected chi connectivity index (χ2v) is 5.07. The Balaban J connectivity index is 2.52. The topological polar surface area (TPSA) is 18.8 Å². The van der Waals surface area contributed by atoms with E-state index in [9.17, 15) is 0 Å². The molecular weight excluding hydrogens is 210 g/mol. The Kier molecular flexibility index (Phi) is 6.27. The minimum absolute atomic E-state index is 0.693. The van der Waals surface area contributed by atoms with Crippen LogP contribution >= 0.6 is 0 Å². The van der Waals surface area contributed by atoms with E-state index in [1.54, 1.807) is 0 Å². The van der Waals surface area contributed by atoms with Gasteiger partial charge in [-0.05, 0) is 39.3 Å². The highest BCUT2D eigenvalue weighted by atomic mass is 15.2. The fourth-order valence-corrected chi connectivity index (χ4v) is 2.40. The molecule has 17 heavy (non-hydrogen) atoms. The van der Waals surface area contributed by atoms with Crippen molar-refractivity contribution >= 4 is 6.21 Å². The average Bonchev–Trinajstić information content (AvgIpc) is 2.29. The van der Waals surface area contributed by atoms with Crippen LogP contribution in [0.5, 0.6) is 0 Å². The standard InChI is InChI=1S/C14H27N3/c1-5-6-14(12-16(3)4)17-9-7-13(8-10-17)11-15-2/h6,11,13H,5,7-10,12H2,1-4H3/b14-6-,15-11?. The zero-order valence-corrected chi connectivity index (χ0v) is 11.8. The average molecular weight is 237 g/mol. The lowest BCUT2D eigenvalue weighted by atomic mass is 9.97. The van der Waals surface area contributed by atoms with Crippen LogP contribution in [0.4, 0.5) is 0 Å². The Morgan fingerprint density at radius 3 is 2.47 bits per heavy atom. The first-order valence-electron chi connectivity index (χ1n) is 6.68. The zero-order chi connectivity index (χ0) is 12.7. The molecule has 1 aliphatic heterocycles. The minimum atomic E-state index is 0.693. The van der Waals surface area contributed by atoms with Crippen LogP contribution in [-0.4, -0.2) is 56.8 Å². The molecular formula is C14H27N3. The van der Waals surface area contributed by atoms with E-state index in [-0.39, 0.29) is 0 Å². The molecule has 0 bridgehead atoms. The molecule has 0 saturated carbocycles. The molecule has 0 aromatic carbocycles. The van der Waals surface area contributed by atoms with Gasteiger partial charge in [-0.15, -0.1) is 0 Å². The molecule has 98 valence electrons. The first-order chi connectivity index (χ1) is 8.17. The maximum Gasteiger partial charge on any atom is 0.0374 e. The summed E-state index contributed by atoms with van der Waals surface area (Å²) in [4.78, 5) is 8.94. The predicted molar refractivity (Wildman–Crippen MR) is 75.6 cm³/mol. The third-order valence-electron chi connectivity index (χ3n) is 3.22. The van der Waals surface area contributed by atoms with E-state index in [1.165, 1.54) is 31.6 Å². The number of hydrogen-bond acceptors (Lipinski definition) is 3. The van der Waals surface area contributed by atoms with E-state index in [1.807, 2.05) is 7.05 Å². The molecule has 1 aliphatic rings. The fourth-order valence-electron chi connectivity index (χ4n) is 2.40. The van der Waals surface area contributed by atoms with Gasteiger partial charge in [-0.25, -0.2) is 0 Å². The van der Waals surface area contributed by atoms with Gasteiger partial charge in [0.2, 0.25) is 0 Å². The number of nitrogens with zero attached hydrogens (tertiary/aromatic N) is 3. The lowest BCUT2D eigenvalue weighted by Crippen LogP contribution is -2.36. The summed E-state index contributed by atoms with van der Waals surface area (Å²) in [6.07, 6.45) is 8.10. The summed E-state index contributed by atoms with van der Waals surface area (Å²) in [6.45, 7) is 5.62. The molecule has 3 heteroatoms. The summed E-state index contributed by atoms with van der Waals surface area (Å²) < 4.78 is 0. The molecule has 0 amide bonds. The predicted octanol–water partition coefficient (Wildman–Crippen LogP) is 2.25. The van der Waals surface area contributed by atoms with E-state index in [0.717, 1.165) is 13.0 Å². The quantitative estimate of drug-likeness (QED) is 0.683. The number of likely N-dealkylation sites (N-methyl/N-ethyl adjacent to an activating group) is 1. The van der Waals surface area contributed by atoms with Crippen LogP contribution in [0.25, 0.3) is 0 Å². The number of rotatable bonds is 5. The van der Waals surface area contributed by atoms with Gasteiger partial charge in [0.1, 0.15) is 0 Å². The number of piperidine rings is 1. The molecule has 0 unspecified atom stereocenters. The first kappa shape index (κ1) is 14.2. The number of likely N-dealkylation sites (tertiary alicyclic amines) is 1. The van der Waals surface area contributed by atoms with Crippen molar-refractivity contribution in [2.45, 2.75) is 26.2 Å². The molecule has 0 atom stereocenters. The van der Waals surface area contributed by atoms with Crippen LogP contribution < -0.4 is 0 Å². The highest BCUT2D eigenvalue weighted by Gasteiger charge is 2.19. The van der Waals surface area contributed by atoms with Crippen molar-refractivity contribution in [1.29, 1.82) is 0 Å². The van der Waals surface area contributed by atoms with Crippen LogP contribution in [0, 0.1) is 5.92 Å². The molecule has 0 aromatic rings. The van der Waals surface area contributed by atoms with Gasteiger partial charge in [0, 0.05) is 38.6 Å². The van der Waals surface area contributed by atoms with E-state index in [4.69, 9.17) is 0 Å². The SMILES string of the molecule is CC/C=C(/CN(C)C)N1CCC(C=NC)CC1. The number of aliphatic imine (C=N–C) groups is 1. The Morgan fingerprint density at radius 2 is 2.00 bits per heavy atom. The second-order valence-electron chi connectivity index (χ2n) is 5.07. The Labute approximate surface area is 106 Å². The van der Waals surface area contributed by atoms with Gasteiger partial charge < -0.3 is 14.8 Å². The van der Waals surface area contributed by atoms with Crippen LogP contribution in [-0.2, 0) is 0 Å². The lowest BCUT2D eigenvalue weighted by molar-refractivity contribution is 0.240. The monoisotopic (exact) mass is 237 g/mol. The highest BCUT2D eigenvalue weighted by molar-refractivity contribution is 5.60. The molecule has 0 spiro atoms. The Bertz CT molecular complexity index is 261. The molecule has 1 fully saturated rings. The van der Waals surface area contributed by atoms with E-state index >= 15 is 0 Å². The van der Waals surface area contributed by atoms with Crippen molar-refractivity contribution < 1.29 is 0 Å². The van der Waals surface area contributed by atoms with Crippen molar-refractivity contribution in [2.75, 3.05) is 40.8 Å². The van der Waals surface area contributed by atoms with Crippen molar-refractivity contribution in [3.63, 3.8) is 0 Å². The van der Waals surface area contributed by atoms with Crippen LogP contribution in [0.3, 0.4) is 0 Å². The van der Waals surface area contributed by atoms with Crippen molar-refractivity contribution in [2.24, 2.45) is 10.9 Å². The summed E-state index contributed by atoms with van der Waals surface area (Å²) in [5.41, 5.74) is 1.49. The maximum atomic E-state index is 4.15. The van der Waals surface area contributed by atoms with Gasteiger partial charge in [-0.2, -0.15) is 0 Å². The van der Waals surface area contributed by atoms with Gasteiger partial charge in [-0.3, -0.25) is 0 Å². The zero-order valence-electron chi connectivity index (χ0n) is 11.8. The molecule has 0 radical (unpaired) electrons. The smallest absolute Gasteiger partial charge is 0.0374 e. The van der Waals surface area contributed by atoms with Crippen molar-refractivity contribution in [1.82, 2.24) is 9.80 Å². The van der Waals surface area contributed by atoms with Crippen molar-refractivity contribution in [3.05, 3.63) is 11.8 Å². The van der Waals surface area contributed by atoms with Gasteiger partial charge in [-0.1, -0.05) is 13.0 Å². The third kappa shape index (κ3) is 4.90. The minimum Gasteiger partial charge on any atom is -0.374 e. The van der Waals surface area contributed by atoms with Crippen LogP contribution in [0.1, 0.15) is 26.2 Å². The molecule has 0 aliphatic carbocycles. The number of hydrogen-bond donors (Lipinski definition) is 0. The molecule has 1 saturated heterocycles. The van der Waals surface area contributed by atoms with Gasteiger partial charge in [0.15, 0.2) is 0 Å². The maximum absolute atomic E-state index is 4.15. The van der Waals surface area contributed by atoms with Gasteiger partial charge in [0.05, 0.1) is 0 Å². The summed E-state index contributed by atoms with van der Waals surface area (Å²) in [5.74, 6) is 0.693. The number of allylic oxidation sites excluding steroid dienone is 1. The summed E-state index contributed by atoms with van der Waals surface area (Å²) >= 11 is 0. The Hall–Kier alpha value is -0.830. The second kappa shape index (κ2) is 7.49. The van der Waals surface area contributed by atoms with Crippen LogP contribution in [0.2, 0.25) is 0 Å². The van der Waals surface area contributed by atoms with E-state index in [2.05, 4.69) is 48.1 Å². The Morgan fingerprint density at radius 1 is 1.35 bits per heavy atom. The van der Waals surface area contributed by atoms with Crippen LogP contribution in [0.15, 0.2) is 16.8 Å². The van der Waals surface area contributed by atoms with Gasteiger partial charge >= 0.3 is 0 Å². The summed E-state index contributed by atoms with van der Waals surface area (Å²) in [5, 5.41) is 0. The van der Waals surface area contributed by atoms with Crippen molar-refractivity contribution in [3.8, 4) is 0 Å². The van der Waals surface area contributed by atoms with E-state index < -0.39 is 0 Å². The van der Waals surface area contributed by atoms with Gasteiger partial charge in [0.25, 0.3) is 0 Å². The molecule has 0 aromatic heterocycles.